The molecule has 1 aliphatic rings. The third-order valence-corrected chi connectivity index (χ3v) is 2.04. The Morgan fingerprint density at radius 1 is 1.62 bits per heavy atom. The van der Waals surface area contributed by atoms with E-state index in [9.17, 15) is 4.39 Å². The van der Waals surface area contributed by atoms with Crippen LogP contribution in [0.2, 0.25) is 0 Å². The van der Waals surface area contributed by atoms with Crippen LogP contribution in [-0.2, 0) is 0 Å². The summed E-state index contributed by atoms with van der Waals surface area (Å²) in [4.78, 5) is 1.79. The Bertz CT molecular complexity index is 340. The first-order valence-electron chi connectivity index (χ1n) is 4.04. The van der Waals surface area contributed by atoms with Gasteiger partial charge in [0.25, 0.3) is 0 Å². The molecule has 0 saturated carbocycles. The normalized spacial score (nSPS) is 21.8. The SMILES string of the molecule is CN1C=C(F)C=CC1c1ccn[nH]1. The molecule has 1 aromatic heterocycles. The molecule has 0 saturated heterocycles. The van der Waals surface area contributed by atoms with E-state index in [2.05, 4.69) is 10.2 Å². The summed E-state index contributed by atoms with van der Waals surface area (Å²) in [7, 11) is 1.83. The smallest absolute Gasteiger partial charge is 0.138 e. The van der Waals surface area contributed by atoms with Gasteiger partial charge in [-0.25, -0.2) is 4.39 Å². The first kappa shape index (κ1) is 8.04. The second-order valence-corrected chi connectivity index (χ2v) is 3.00. The Kier molecular flexibility index (Phi) is 1.88. The van der Waals surface area contributed by atoms with Gasteiger partial charge in [0.2, 0.25) is 0 Å². The highest BCUT2D eigenvalue weighted by Crippen LogP contribution is 2.24. The van der Waals surface area contributed by atoms with Crippen molar-refractivity contribution in [3.05, 3.63) is 42.1 Å². The summed E-state index contributed by atoms with van der Waals surface area (Å²) in [6, 6.07) is 1.93. The number of nitrogens with one attached hydrogen (secondary N) is 1. The second-order valence-electron chi connectivity index (χ2n) is 3.00. The summed E-state index contributed by atoms with van der Waals surface area (Å²) in [6.45, 7) is 0. The van der Waals surface area contributed by atoms with Crippen molar-refractivity contribution in [3.8, 4) is 0 Å². The lowest BCUT2D eigenvalue weighted by molar-refractivity contribution is 0.367. The molecule has 68 valence electrons. The molecule has 0 spiro atoms. The van der Waals surface area contributed by atoms with Crippen molar-refractivity contribution >= 4 is 0 Å². The number of allylic oxidation sites excluding steroid dienone is 2. The Hall–Kier alpha value is -1.58. The van der Waals surface area contributed by atoms with Crippen LogP contribution in [0, 0.1) is 0 Å². The average molecular weight is 179 g/mol. The zero-order valence-corrected chi connectivity index (χ0v) is 7.24. The van der Waals surface area contributed by atoms with Crippen LogP contribution >= 0.6 is 0 Å². The molecule has 1 atom stereocenters. The molecule has 0 amide bonds. The van der Waals surface area contributed by atoms with Gasteiger partial charge < -0.3 is 4.90 Å². The van der Waals surface area contributed by atoms with E-state index in [1.54, 1.807) is 17.2 Å². The fourth-order valence-corrected chi connectivity index (χ4v) is 1.39. The molecule has 1 unspecified atom stereocenters. The zero-order valence-electron chi connectivity index (χ0n) is 7.24. The Morgan fingerprint density at radius 2 is 2.46 bits per heavy atom. The van der Waals surface area contributed by atoms with Gasteiger partial charge >= 0.3 is 0 Å². The standard InChI is InChI=1S/C9H10FN3/c1-13-6-7(10)2-3-9(13)8-4-5-11-12-8/h2-6,9H,1H3,(H,11,12). The molecule has 13 heavy (non-hydrogen) atoms. The van der Waals surface area contributed by atoms with Crippen LogP contribution in [0.3, 0.4) is 0 Å². The summed E-state index contributed by atoms with van der Waals surface area (Å²) in [5.41, 5.74) is 0.961. The molecule has 3 nitrogen and oxygen atoms in total. The van der Waals surface area contributed by atoms with Crippen molar-refractivity contribution in [1.82, 2.24) is 15.1 Å². The van der Waals surface area contributed by atoms with E-state index >= 15 is 0 Å². The summed E-state index contributed by atoms with van der Waals surface area (Å²) < 4.78 is 12.8. The highest BCUT2D eigenvalue weighted by molar-refractivity contribution is 5.24. The topological polar surface area (TPSA) is 31.9 Å². The number of hydrogen-bond acceptors (Lipinski definition) is 2. The van der Waals surface area contributed by atoms with Gasteiger partial charge in [-0.05, 0) is 12.1 Å². The van der Waals surface area contributed by atoms with Crippen molar-refractivity contribution < 1.29 is 4.39 Å². The molecular weight excluding hydrogens is 169 g/mol. The van der Waals surface area contributed by atoms with Crippen molar-refractivity contribution in [2.45, 2.75) is 6.04 Å². The highest BCUT2D eigenvalue weighted by Gasteiger charge is 2.16. The van der Waals surface area contributed by atoms with Gasteiger partial charge in [-0.3, -0.25) is 5.10 Å². The average Bonchev–Trinajstić information content (AvgIpc) is 2.56. The fraction of sp³-hybridized carbons (Fsp3) is 0.222. The third-order valence-electron chi connectivity index (χ3n) is 2.04. The van der Waals surface area contributed by atoms with E-state index in [4.69, 9.17) is 0 Å². The number of rotatable bonds is 1. The molecule has 0 fully saturated rings. The maximum absolute atomic E-state index is 12.8. The maximum Gasteiger partial charge on any atom is 0.138 e. The fourth-order valence-electron chi connectivity index (χ4n) is 1.39. The van der Waals surface area contributed by atoms with Gasteiger partial charge in [0.15, 0.2) is 0 Å². The van der Waals surface area contributed by atoms with Gasteiger partial charge in [0.05, 0.1) is 11.7 Å². The summed E-state index contributed by atoms with van der Waals surface area (Å²) in [5, 5.41) is 6.71. The minimum Gasteiger partial charge on any atom is -0.366 e. The van der Waals surface area contributed by atoms with E-state index in [1.807, 2.05) is 13.1 Å². The first-order valence-corrected chi connectivity index (χ1v) is 4.04. The molecule has 0 bridgehead atoms. The highest BCUT2D eigenvalue weighted by atomic mass is 19.1. The lowest BCUT2D eigenvalue weighted by Gasteiger charge is -2.25. The van der Waals surface area contributed by atoms with Gasteiger partial charge in [0.1, 0.15) is 5.83 Å². The van der Waals surface area contributed by atoms with Gasteiger partial charge in [-0.15, -0.1) is 0 Å². The lowest BCUT2D eigenvalue weighted by atomic mass is 10.1. The quantitative estimate of drug-likeness (QED) is 0.712. The predicted molar refractivity (Wildman–Crippen MR) is 47.4 cm³/mol. The number of nitrogens with zero attached hydrogens (tertiary/aromatic N) is 2. The van der Waals surface area contributed by atoms with Crippen molar-refractivity contribution in [1.29, 1.82) is 0 Å². The van der Waals surface area contributed by atoms with Gasteiger partial charge in [-0.2, -0.15) is 5.10 Å². The Balaban J connectivity index is 2.24. The summed E-state index contributed by atoms with van der Waals surface area (Å²) in [5.74, 6) is -0.224. The molecule has 1 aromatic rings. The number of H-pyrrole nitrogens is 1. The maximum atomic E-state index is 12.8. The third kappa shape index (κ3) is 1.47. The molecular formula is C9H10FN3. The van der Waals surface area contributed by atoms with E-state index in [0.717, 1.165) is 5.69 Å². The van der Waals surface area contributed by atoms with Crippen LogP contribution in [0.4, 0.5) is 4.39 Å². The summed E-state index contributed by atoms with van der Waals surface area (Å²) in [6.07, 6.45) is 6.41. The Morgan fingerprint density at radius 3 is 3.08 bits per heavy atom. The van der Waals surface area contributed by atoms with Crippen LogP contribution in [0.15, 0.2) is 36.4 Å². The van der Waals surface area contributed by atoms with Crippen LogP contribution in [0.25, 0.3) is 0 Å². The summed E-state index contributed by atoms with van der Waals surface area (Å²) >= 11 is 0. The lowest BCUT2D eigenvalue weighted by Crippen LogP contribution is -2.20. The van der Waals surface area contributed by atoms with Crippen LogP contribution in [-0.4, -0.2) is 22.1 Å². The predicted octanol–water partition coefficient (Wildman–Crippen LogP) is 1.76. The van der Waals surface area contributed by atoms with E-state index in [-0.39, 0.29) is 11.9 Å². The second kappa shape index (κ2) is 3.05. The molecule has 2 rings (SSSR count). The van der Waals surface area contributed by atoms with Crippen LogP contribution in [0.1, 0.15) is 11.7 Å². The van der Waals surface area contributed by atoms with Gasteiger partial charge in [0, 0.05) is 19.4 Å². The molecule has 1 N–H and O–H groups in total. The van der Waals surface area contributed by atoms with E-state index in [1.165, 1.54) is 12.3 Å². The minimum absolute atomic E-state index is 0.0574. The monoisotopic (exact) mass is 179 g/mol. The first-order chi connectivity index (χ1) is 6.27. The number of aromatic nitrogens is 2. The number of likely N-dealkylation sites (N-methyl/N-ethyl adjacent to an activating group) is 1. The molecule has 0 aliphatic carbocycles. The van der Waals surface area contributed by atoms with Gasteiger partial charge in [-0.1, -0.05) is 6.08 Å². The zero-order chi connectivity index (χ0) is 9.26. The van der Waals surface area contributed by atoms with Crippen molar-refractivity contribution in [2.24, 2.45) is 0 Å². The minimum atomic E-state index is -0.224. The van der Waals surface area contributed by atoms with Crippen LogP contribution < -0.4 is 0 Å². The van der Waals surface area contributed by atoms with E-state index < -0.39 is 0 Å². The number of halogens is 1. The molecule has 0 radical (unpaired) electrons. The molecule has 0 aromatic carbocycles. The molecule has 2 heterocycles. The van der Waals surface area contributed by atoms with Crippen molar-refractivity contribution in [3.63, 3.8) is 0 Å². The number of aromatic amines is 1. The molecule has 1 aliphatic heterocycles. The van der Waals surface area contributed by atoms with E-state index in [0.29, 0.717) is 0 Å². The van der Waals surface area contributed by atoms with Crippen molar-refractivity contribution in [2.75, 3.05) is 7.05 Å². The molecule has 4 heteroatoms. The number of hydrogen-bond donors (Lipinski definition) is 1. The Labute approximate surface area is 75.6 Å². The van der Waals surface area contributed by atoms with Crippen LogP contribution in [0.5, 0.6) is 0 Å². The largest absolute Gasteiger partial charge is 0.366 e.